The first-order valence-corrected chi connectivity index (χ1v) is 11.1. The van der Waals surface area contributed by atoms with Gasteiger partial charge in [-0.05, 0) is 57.3 Å². The van der Waals surface area contributed by atoms with Crippen LogP contribution in [0.25, 0.3) is 0 Å². The van der Waals surface area contributed by atoms with Gasteiger partial charge in [0.05, 0.1) is 13.2 Å². The minimum atomic E-state index is 0.598. The second kappa shape index (κ2) is 13.4. The van der Waals surface area contributed by atoms with Crippen molar-refractivity contribution in [2.75, 3.05) is 53.0 Å². The molecule has 1 saturated heterocycles. The Morgan fingerprint density at radius 1 is 1.24 bits per heavy atom. The molecule has 1 heterocycles. The van der Waals surface area contributed by atoms with Crippen LogP contribution in [0.4, 0.5) is 0 Å². The standard InChI is InChI=1S/C23H40N4O2/c1-5-24-23(25-16-20-9-7-12-27(6-2)18-20)26-17-21-11-10-19(3)15-22(21)29-14-8-13-28-4/h10-11,15,20H,5-9,12-14,16-18H2,1-4H3,(H2,24,25,26). The first-order valence-electron chi connectivity index (χ1n) is 11.1. The molecular formula is C23H40N4O2. The van der Waals surface area contributed by atoms with Gasteiger partial charge in [-0.15, -0.1) is 0 Å². The maximum absolute atomic E-state index is 6.00. The first-order chi connectivity index (χ1) is 14.2. The quantitative estimate of drug-likeness (QED) is 0.337. The van der Waals surface area contributed by atoms with Crippen molar-refractivity contribution in [1.82, 2.24) is 15.5 Å². The molecule has 29 heavy (non-hydrogen) atoms. The third-order valence-electron chi connectivity index (χ3n) is 5.33. The Hall–Kier alpha value is -1.79. The van der Waals surface area contributed by atoms with Crippen LogP contribution >= 0.6 is 0 Å². The summed E-state index contributed by atoms with van der Waals surface area (Å²) >= 11 is 0. The second-order valence-electron chi connectivity index (χ2n) is 7.78. The topological polar surface area (TPSA) is 58.1 Å². The fourth-order valence-corrected chi connectivity index (χ4v) is 3.66. The Balaban J connectivity index is 1.94. The average Bonchev–Trinajstić information content (AvgIpc) is 2.74. The molecule has 0 bridgehead atoms. The first kappa shape index (κ1) is 23.5. The van der Waals surface area contributed by atoms with Gasteiger partial charge >= 0.3 is 0 Å². The monoisotopic (exact) mass is 404 g/mol. The average molecular weight is 405 g/mol. The van der Waals surface area contributed by atoms with E-state index in [9.17, 15) is 0 Å². The maximum Gasteiger partial charge on any atom is 0.191 e. The van der Waals surface area contributed by atoms with Crippen LogP contribution in [0.2, 0.25) is 0 Å². The van der Waals surface area contributed by atoms with Crippen molar-refractivity contribution in [1.29, 1.82) is 0 Å². The van der Waals surface area contributed by atoms with Crippen LogP contribution in [0.15, 0.2) is 23.2 Å². The number of benzene rings is 1. The number of hydrogen-bond acceptors (Lipinski definition) is 4. The highest BCUT2D eigenvalue weighted by atomic mass is 16.5. The van der Waals surface area contributed by atoms with E-state index in [1.54, 1.807) is 7.11 Å². The van der Waals surface area contributed by atoms with Gasteiger partial charge < -0.3 is 25.0 Å². The normalized spacial score (nSPS) is 17.9. The van der Waals surface area contributed by atoms with Gasteiger partial charge in [0, 0.05) is 45.3 Å². The van der Waals surface area contributed by atoms with E-state index in [0.717, 1.165) is 43.3 Å². The molecule has 0 spiro atoms. The number of likely N-dealkylation sites (tertiary alicyclic amines) is 1. The van der Waals surface area contributed by atoms with E-state index in [2.05, 4.69) is 54.5 Å². The highest BCUT2D eigenvalue weighted by Gasteiger charge is 2.18. The lowest BCUT2D eigenvalue weighted by atomic mass is 9.98. The summed E-state index contributed by atoms with van der Waals surface area (Å²) < 4.78 is 11.1. The van der Waals surface area contributed by atoms with Crippen molar-refractivity contribution in [3.63, 3.8) is 0 Å². The number of ether oxygens (including phenoxy) is 2. The maximum atomic E-state index is 6.00. The molecule has 0 amide bonds. The molecule has 2 N–H and O–H groups in total. The van der Waals surface area contributed by atoms with Crippen LogP contribution in [-0.2, 0) is 11.3 Å². The van der Waals surface area contributed by atoms with Gasteiger partial charge in [-0.1, -0.05) is 19.1 Å². The number of piperidine rings is 1. The van der Waals surface area contributed by atoms with Gasteiger partial charge in [0.15, 0.2) is 5.96 Å². The summed E-state index contributed by atoms with van der Waals surface area (Å²) in [5, 5.41) is 6.93. The Bertz CT molecular complexity index is 621. The molecule has 0 aromatic heterocycles. The summed E-state index contributed by atoms with van der Waals surface area (Å²) in [5.74, 6) is 2.49. The molecule has 1 fully saturated rings. The largest absolute Gasteiger partial charge is 0.493 e. The van der Waals surface area contributed by atoms with E-state index >= 15 is 0 Å². The fraction of sp³-hybridized carbons (Fsp3) is 0.696. The number of nitrogens with zero attached hydrogens (tertiary/aromatic N) is 2. The van der Waals surface area contributed by atoms with Gasteiger partial charge in [-0.3, -0.25) is 0 Å². The molecule has 1 aromatic rings. The summed E-state index contributed by atoms with van der Waals surface area (Å²) in [6.07, 6.45) is 3.47. The summed E-state index contributed by atoms with van der Waals surface area (Å²) in [6.45, 7) is 13.8. The molecule has 0 radical (unpaired) electrons. The number of aliphatic imine (C=N–C) groups is 1. The van der Waals surface area contributed by atoms with Crippen molar-refractivity contribution >= 4 is 5.96 Å². The number of rotatable bonds is 11. The van der Waals surface area contributed by atoms with Crippen molar-refractivity contribution in [3.8, 4) is 5.75 Å². The zero-order valence-electron chi connectivity index (χ0n) is 18.8. The van der Waals surface area contributed by atoms with E-state index in [-0.39, 0.29) is 0 Å². The summed E-state index contributed by atoms with van der Waals surface area (Å²) in [6, 6.07) is 6.34. The molecule has 1 atom stereocenters. The number of nitrogens with one attached hydrogen (secondary N) is 2. The van der Waals surface area contributed by atoms with Crippen LogP contribution < -0.4 is 15.4 Å². The highest BCUT2D eigenvalue weighted by Crippen LogP contribution is 2.21. The molecule has 1 aliphatic heterocycles. The smallest absolute Gasteiger partial charge is 0.191 e. The molecule has 1 unspecified atom stereocenters. The van der Waals surface area contributed by atoms with Crippen molar-refractivity contribution < 1.29 is 9.47 Å². The van der Waals surface area contributed by atoms with Crippen LogP contribution in [0.3, 0.4) is 0 Å². The summed E-state index contributed by atoms with van der Waals surface area (Å²) in [7, 11) is 1.72. The van der Waals surface area contributed by atoms with Gasteiger partial charge in [-0.2, -0.15) is 0 Å². The van der Waals surface area contributed by atoms with Gasteiger partial charge in [0.1, 0.15) is 5.75 Å². The number of aryl methyl sites for hydroxylation is 1. The van der Waals surface area contributed by atoms with E-state index in [4.69, 9.17) is 14.5 Å². The van der Waals surface area contributed by atoms with Crippen LogP contribution in [0.5, 0.6) is 5.75 Å². The third-order valence-corrected chi connectivity index (χ3v) is 5.33. The zero-order valence-corrected chi connectivity index (χ0v) is 18.8. The zero-order chi connectivity index (χ0) is 20.9. The minimum Gasteiger partial charge on any atom is -0.493 e. The highest BCUT2D eigenvalue weighted by molar-refractivity contribution is 5.79. The van der Waals surface area contributed by atoms with Crippen molar-refractivity contribution in [3.05, 3.63) is 29.3 Å². The molecular weight excluding hydrogens is 364 g/mol. The van der Waals surface area contributed by atoms with Crippen LogP contribution in [0.1, 0.15) is 44.2 Å². The van der Waals surface area contributed by atoms with Crippen LogP contribution in [0, 0.1) is 12.8 Å². The van der Waals surface area contributed by atoms with E-state index in [1.165, 1.54) is 31.5 Å². The summed E-state index contributed by atoms with van der Waals surface area (Å²) in [5.41, 5.74) is 2.31. The molecule has 6 nitrogen and oxygen atoms in total. The van der Waals surface area contributed by atoms with Gasteiger partial charge in [0.25, 0.3) is 0 Å². The van der Waals surface area contributed by atoms with Gasteiger partial charge in [-0.25, -0.2) is 4.99 Å². The lowest BCUT2D eigenvalue weighted by molar-refractivity contribution is 0.172. The van der Waals surface area contributed by atoms with E-state index in [1.807, 2.05) is 0 Å². The molecule has 6 heteroatoms. The van der Waals surface area contributed by atoms with E-state index < -0.39 is 0 Å². The predicted molar refractivity (Wildman–Crippen MR) is 121 cm³/mol. The number of hydrogen-bond donors (Lipinski definition) is 2. The molecule has 0 aliphatic carbocycles. The number of methoxy groups -OCH3 is 1. The van der Waals surface area contributed by atoms with Gasteiger partial charge in [0.2, 0.25) is 0 Å². The Kier molecular flexibility index (Phi) is 10.9. The molecule has 2 rings (SSSR count). The fourth-order valence-electron chi connectivity index (χ4n) is 3.66. The lowest BCUT2D eigenvalue weighted by Gasteiger charge is -2.32. The second-order valence-corrected chi connectivity index (χ2v) is 7.78. The summed E-state index contributed by atoms with van der Waals surface area (Å²) in [4.78, 5) is 7.36. The molecule has 164 valence electrons. The van der Waals surface area contributed by atoms with Crippen LogP contribution in [-0.4, -0.2) is 63.9 Å². The van der Waals surface area contributed by atoms with Crippen molar-refractivity contribution in [2.45, 2.75) is 46.6 Å². The number of guanidine groups is 1. The Morgan fingerprint density at radius 3 is 2.86 bits per heavy atom. The Labute approximate surface area is 177 Å². The SMILES string of the molecule is CCNC(=NCc1ccc(C)cc1OCCCOC)NCC1CCCN(CC)C1. The predicted octanol–water partition coefficient (Wildman–Crippen LogP) is 3.20. The minimum absolute atomic E-state index is 0.598. The third kappa shape index (κ3) is 8.62. The Morgan fingerprint density at radius 2 is 2.10 bits per heavy atom. The van der Waals surface area contributed by atoms with E-state index in [0.29, 0.717) is 25.7 Å². The molecule has 1 aliphatic rings. The lowest BCUT2D eigenvalue weighted by Crippen LogP contribution is -2.44. The molecule has 0 saturated carbocycles. The molecule has 1 aromatic carbocycles. The van der Waals surface area contributed by atoms with Crippen molar-refractivity contribution in [2.24, 2.45) is 10.9 Å².